The molecule has 5 heterocycles. The number of hydrogen-bond acceptors (Lipinski definition) is 13. The smallest absolute Gasteiger partial charge is 0.308 e. The summed E-state index contributed by atoms with van der Waals surface area (Å²) >= 11 is 3.16. The zero-order valence-electron chi connectivity index (χ0n) is 39.9. The minimum absolute atomic E-state index is 0.0317. The van der Waals surface area contributed by atoms with E-state index in [1.54, 1.807) is 73.2 Å². The zero-order valence-corrected chi connectivity index (χ0v) is 41.6. The number of esters is 1. The third-order valence-electron chi connectivity index (χ3n) is 12.7. The summed E-state index contributed by atoms with van der Waals surface area (Å²) in [7, 11) is 1.33. The number of nitrogens with one attached hydrogen (secondary N) is 2. The lowest BCUT2D eigenvalue weighted by Gasteiger charge is -2.35. The van der Waals surface area contributed by atoms with Crippen molar-refractivity contribution in [1.82, 2.24) is 35.3 Å². The number of rotatable bonds is 13. The van der Waals surface area contributed by atoms with Gasteiger partial charge in [0.05, 0.1) is 47.5 Å². The Morgan fingerprint density at radius 1 is 0.942 bits per heavy atom. The van der Waals surface area contributed by atoms with Crippen LogP contribution in [0.25, 0.3) is 26.6 Å². The Morgan fingerprint density at radius 3 is 2.29 bits per heavy atom. The summed E-state index contributed by atoms with van der Waals surface area (Å²) in [5, 5.41) is 26.1. The first kappa shape index (κ1) is 48.8. The lowest BCUT2D eigenvalue weighted by Crippen LogP contribution is -2.58. The summed E-state index contributed by atoms with van der Waals surface area (Å²) in [6, 6.07) is 16.4. The van der Waals surface area contributed by atoms with Crippen LogP contribution in [0.2, 0.25) is 0 Å². The number of thiophene rings is 1. The molecular formula is C51H55FN8O7S2. The van der Waals surface area contributed by atoms with Crippen LogP contribution in [0, 0.1) is 38.9 Å². The van der Waals surface area contributed by atoms with Crippen LogP contribution in [-0.2, 0) is 23.9 Å². The number of β-amino-alcohol motifs (C(OH)–C–C–N with tert-alkyl or cyclic N) is 1. The highest BCUT2D eigenvalue weighted by atomic mass is 32.1. The summed E-state index contributed by atoms with van der Waals surface area (Å²) in [6.45, 7) is 14.5. The number of methoxy groups -OCH3 is 1. The minimum atomic E-state index is -1.08. The van der Waals surface area contributed by atoms with Crippen LogP contribution in [-0.4, -0.2) is 97.6 Å². The van der Waals surface area contributed by atoms with Gasteiger partial charge in [0.15, 0.2) is 12.4 Å². The molecule has 2 aliphatic heterocycles. The van der Waals surface area contributed by atoms with Gasteiger partial charge in [0.1, 0.15) is 40.5 Å². The van der Waals surface area contributed by atoms with Crippen molar-refractivity contribution in [3.63, 3.8) is 0 Å². The van der Waals surface area contributed by atoms with Gasteiger partial charge in [0, 0.05) is 40.6 Å². The Labute approximate surface area is 407 Å². The zero-order chi connectivity index (χ0) is 49.5. The van der Waals surface area contributed by atoms with Crippen LogP contribution < -0.4 is 15.4 Å². The number of amides is 3. The Hall–Kier alpha value is -6.63. The van der Waals surface area contributed by atoms with E-state index >= 15 is 4.39 Å². The van der Waals surface area contributed by atoms with Crippen molar-refractivity contribution in [2.75, 3.05) is 20.3 Å². The molecule has 18 heteroatoms. The molecule has 0 spiro atoms. The van der Waals surface area contributed by atoms with E-state index in [4.69, 9.17) is 14.5 Å². The van der Waals surface area contributed by atoms with Gasteiger partial charge in [-0.25, -0.2) is 9.37 Å². The molecule has 69 heavy (non-hydrogen) atoms. The molecular weight excluding hydrogens is 920 g/mol. The number of fused-ring (bicyclic) bond motifs is 3. The molecule has 2 unspecified atom stereocenters. The van der Waals surface area contributed by atoms with E-state index in [9.17, 15) is 24.3 Å². The van der Waals surface area contributed by atoms with Gasteiger partial charge in [-0.05, 0) is 74.4 Å². The summed E-state index contributed by atoms with van der Waals surface area (Å²) in [4.78, 5) is 66.9. The normalized spacial score (nSPS) is 17.5. The Balaban J connectivity index is 0.920. The van der Waals surface area contributed by atoms with E-state index in [-0.39, 0.29) is 31.2 Å². The molecule has 0 radical (unpaired) electrons. The fraction of sp³-hybridized carbons (Fsp3) is 0.373. The van der Waals surface area contributed by atoms with Crippen LogP contribution in [0.15, 0.2) is 77.2 Å². The molecule has 2 aliphatic rings. The van der Waals surface area contributed by atoms with E-state index in [0.717, 1.165) is 48.3 Å². The van der Waals surface area contributed by atoms with Crippen LogP contribution >= 0.6 is 22.7 Å². The molecule has 3 amide bonds. The maximum Gasteiger partial charge on any atom is 0.308 e. The maximum atomic E-state index is 15.9. The standard InChI is InChI=1S/C51H55FN8O7S2/c1-26-29(4)69-50-43(26)44(55-39(22-42(63)66-9)47-58-57-30(5)60(47)50)33-14-12-32(13-15-33)37-19-18-36(21-38(37)52)67-24-41(62)56-46(51(6,7)8)49(65)59-23-35(61)20-40(59)48(64)54-27(2)31-10-16-34(17-11-31)45-28(3)53-25-68-45/h10-19,21,25,27,35,39-40,46,61H,20,22-24H2,1-9H3,(H,54,64)(H,56,62)/t27?,35-,39+,40+,46?/m1/s1. The summed E-state index contributed by atoms with van der Waals surface area (Å²) < 4.78 is 28.6. The van der Waals surface area contributed by atoms with Crippen molar-refractivity contribution >= 4 is 52.1 Å². The third kappa shape index (κ3) is 10.1. The number of halogens is 1. The highest BCUT2D eigenvalue weighted by molar-refractivity contribution is 7.15. The number of aryl methyl sites for hydroxylation is 3. The van der Waals surface area contributed by atoms with Crippen molar-refractivity contribution in [2.45, 2.75) is 98.5 Å². The monoisotopic (exact) mass is 974 g/mol. The van der Waals surface area contributed by atoms with Gasteiger partial charge < -0.3 is 30.1 Å². The molecule has 3 aromatic carbocycles. The predicted molar refractivity (Wildman–Crippen MR) is 262 cm³/mol. The van der Waals surface area contributed by atoms with Gasteiger partial charge in [0.2, 0.25) is 11.8 Å². The van der Waals surface area contributed by atoms with Crippen molar-refractivity contribution in [1.29, 1.82) is 0 Å². The number of aromatic nitrogens is 4. The maximum absolute atomic E-state index is 15.9. The van der Waals surface area contributed by atoms with Crippen molar-refractivity contribution < 1.29 is 38.1 Å². The summed E-state index contributed by atoms with van der Waals surface area (Å²) in [5.41, 5.74) is 8.12. The topological polar surface area (TPSA) is 190 Å². The molecule has 360 valence electrons. The minimum Gasteiger partial charge on any atom is -0.484 e. The second-order valence-electron chi connectivity index (χ2n) is 18.6. The molecule has 0 bridgehead atoms. The quantitative estimate of drug-likeness (QED) is 0.0968. The Morgan fingerprint density at radius 2 is 1.64 bits per heavy atom. The van der Waals surface area contributed by atoms with Crippen LogP contribution in [0.5, 0.6) is 5.75 Å². The van der Waals surface area contributed by atoms with Gasteiger partial charge in [-0.3, -0.25) is 28.7 Å². The fourth-order valence-corrected chi connectivity index (χ4v) is 10.8. The first-order chi connectivity index (χ1) is 32.8. The van der Waals surface area contributed by atoms with E-state index in [0.29, 0.717) is 28.5 Å². The SMILES string of the molecule is COC(=O)C[C@@H]1N=C(c2ccc(-c3ccc(OCC(=O)NC(C(=O)N4C[C@H](O)C[C@H]4C(=O)NC(C)c4ccc(-c5scnc5C)cc4)C(C)(C)C)cc3F)cc2)c2c(sc(C)c2C)-n2c(C)nnc21. The number of benzene rings is 3. The van der Waals surface area contributed by atoms with Gasteiger partial charge in [0.25, 0.3) is 5.91 Å². The number of aliphatic hydroxyl groups is 1. The Kier molecular flexibility index (Phi) is 14.0. The van der Waals surface area contributed by atoms with Gasteiger partial charge in [-0.2, -0.15) is 0 Å². The molecule has 1 saturated heterocycles. The number of thiazole rings is 1. The van der Waals surface area contributed by atoms with Crippen LogP contribution in [0.3, 0.4) is 0 Å². The molecule has 3 aromatic heterocycles. The molecule has 1 fully saturated rings. The first-order valence-electron chi connectivity index (χ1n) is 22.6. The largest absolute Gasteiger partial charge is 0.484 e. The van der Waals surface area contributed by atoms with Gasteiger partial charge >= 0.3 is 5.97 Å². The van der Waals surface area contributed by atoms with Crippen molar-refractivity contribution in [2.24, 2.45) is 10.4 Å². The number of ether oxygens (including phenoxy) is 2. The number of nitrogens with zero attached hydrogens (tertiary/aromatic N) is 6. The number of likely N-dealkylation sites (tertiary alicyclic amines) is 1. The molecule has 0 aliphatic carbocycles. The average Bonchev–Trinajstić information content (AvgIpc) is 4.09. The highest BCUT2D eigenvalue weighted by Crippen LogP contribution is 2.40. The lowest BCUT2D eigenvalue weighted by molar-refractivity contribution is -0.144. The van der Waals surface area contributed by atoms with Crippen molar-refractivity contribution in [3.8, 4) is 32.3 Å². The predicted octanol–water partition coefficient (Wildman–Crippen LogP) is 7.70. The van der Waals surface area contributed by atoms with Gasteiger partial charge in [-0.1, -0.05) is 69.3 Å². The fourth-order valence-electron chi connectivity index (χ4n) is 8.76. The number of carbonyl (C=O) groups excluding carboxylic acids is 4. The summed E-state index contributed by atoms with van der Waals surface area (Å²) in [6.07, 6.45) is -0.921. The van der Waals surface area contributed by atoms with Crippen LogP contribution in [0.1, 0.15) is 97.1 Å². The Bertz CT molecular complexity index is 2960. The van der Waals surface area contributed by atoms with E-state index in [1.807, 2.05) is 75.6 Å². The van der Waals surface area contributed by atoms with Gasteiger partial charge in [-0.15, -0.1) is 32.9 Å². The number of hydrogen-bond donors (Lipinski definition) is 3. The average molecular weight is 975 g/mol. The van der Waals surface area contributed by atoms with E-state index < -0.39 is 65.8 Å². The molecule has 5 atom stereocenters. The number of aliphatic imine (C=N–C) groups is 1. The molecule has 6 aromatic rings. The third-order valence-corrected chi connectivity index (χ3v) is 14.8. The second-order valence-corrected chi connectivity index (χ2v) is 20.6. The van der Waals surface area contributed by atoms with Crippen molar-refractivity contribution in [3.05, 3.63) is 123 Å². The van der Waals surface area contributed by atoms with E-state index in [2.05, 4.69) is 25.8 Å². The number of carbonyl (C=O) groups is 4. The highest BCUT2D eigenvalue weighted by Gasteiger charge is 2.45. The lowest BCUT2D eigenvalue weighted by atomic mass is 9.85. The second kappa shape index (κ2) is 19.8. The summed E-state index contributed by atoms with van der Waals surface area (Å²) in [5.74, 6) is -1.25. The number of aliphatic hydroxyl groups excluding tert-OH is 1. The van der Waals surface area contributed by atoms with Crippen LogP contribution in [0.4, 0.5) is 4.39 Å². The molecule has 0 saturated carbocycles. The van der Waals surface area contributed by atoms with E-state index in [1.165, 1.54) is 18.1 Å². The molecule has 15 nitrogen and oxygen atoms in total. The first-order valence-corrected chi connectivity index (χ1v) is 24.3. The molecule has 8 rings (SSSR count). The molecule has 3 N–H and O–H groups in total.